The average molecular weight is 200 g/mol. The van der Waals surface area contributed by atoms with Crippen molar-refractivity contribution in [1.29, 1.82) is 0 Å². The molecule has 0 bridgehead atoms. The zero-order valence-electron chi connectivity index (χ0n) is 8.65. The summed E-state index contributed by atoms with van der Waals surface area (Å²) in [6.45, 7) is 2.00. The number of hydrogen-bond acceptors (Lipinski definition) is 3. The smallest absolute Gasteiger partial charge is 0.157 e. The molecule has 3 atom stereocenters. The van der Waals surface area contributed by atoms with E-state index in [1.807, 2.05) is 0 Å². The van der Waals surface area contributed by atoms with Crippen LogP contribution < -0.4 is 0 Å². The van der Waals surface area contributed by atoms with Crippen molar-refractivity contribution in [2.24, 2.45) is 11.8 Å². The van der Waals surface area contributed by atoms with E-state index in [1.165, 1.54) is 19.3 Å². The van der Waals surface area contributed by atoms with Crippen LogP contribution in [0.1, 0.15) is 32.1 Å². The highest BCUT2D eigenvalue weighted by Crippen LogP contribution is 2.40. The van der Waals surface area contributed by atoms with Gasteiger partial charge in [-0.05, 0) is 43.9 Å². The minimum Gasteiger partial charge on any atom is -0.396 e. The first kappa shape index (κ1) is 10.4. The Morgan fingerprint density at radius 3 is 2.86 bits per heavy atom. The van der Waals surface area contributed by atoms with Crippen LogP contribution in [0.25, 0.3) is 0 Å². The Bertz CT molecular complexity index is 166. The van der Waals surface area contributed by atoms with Crippen LogP contribution >= 0.6 is 0 Å². The molecular formula is C11H20O3. The van der Waals surface area contributed by atoms with Crippen molar-refractivity contribution in [3.63, 3.8) is 0 Å². The number of rotatable bonds is 5. The van der Waals surface area contributed by atoms with Crippen LogP contribution in [-0.2, 0) is 9.47 Å². The van der Waals surface area contributed by atoms with Gasteiger partial charge in [-0.2, -0.15) is 0 Å². The fourth-order valence-electron chi connectivity index (χ4n) is 2.08. The maximum atomic E-state index is 8.86. The minimum absolute atomic E-state index is 0.0510. The molecule has 82 valence electrons. The van der Waals surface area contributed by atoms with E-state index in [1.54, 1.807) is 0 Å². The lowest BCUT2D eigenvalue weighted by atomic mass is 10.2. The van der Waals surface area contributed by atoms with Crippen LogP contribution in [-0.4, -0.2) is 31.2 Å². The molecule has 0 aromatic carbocycles. The predicted octanol–water partition coefficient (Wildman–Crippen LogP) is 1.55. The Morgan fingerprint density at radius 2 is 2.21 bits per heavy atom. The van der Waals surface area contributed by atoms with Gasteiger partial charge in [0.15, 0.2) is 6.29 Å². The van der Waals surface area contributed by atoms with E-state index in [9.17, 15) is 0 Å². The lowest BCUT2D eigenvalue weighted by molar-refractivity contribution is -0.163. The molecule has 0 amide bonds. The molecule has 14 heavy (non-hydrogen) atoms. The highest BCUT2D eigenvalue weighted by molar-refractivity contribution is 4.85. The summed E-state index contributed by atoms with van der Waals surface area (Å²) in [7, 11) is 0. The summed E-state index contributed by atoms with van der Waals surface area (Å²) in [6.07, 6.45) is 5.78. The van der Waals surface area contributed by atoms with Gasteiger partial charge >= 0.3 is 0 Å². The van der Waals surface area contributed by atoms with Crippen LogP contribution in [0.4, 0.5) is 0 Å². The monoisotopic (exact) mass is 200 g/mol. The molecule has 1 unspecified atom stereocenters. The molecule has 1 saturated carbocycles. The molecular weight excluding hydrogens is 180 g/mol. The fourth-order valence-corrected chi connectivity index (χ4v) is 2.08. The molecule has 3 nitrogen and oxygen atoms in total. The molecule has 2 aliphatic rings. The summed E-state index contributed by atoms with van der Waals surface area (Å²) in [5, 5.41) is 8.86. The molecule has 1 heterocycles. The van der Waals surface area contributed by atoms with Crippen molar-refractivity contribution in [3.8, 4) is 0 Å². The largest absolute Gasteiger partial charge is 0.396 e. The molecule has 1 aliphatic heterocycles. The van der Waals surface area contributed by atoms with Gasteiger partial charge in [-0.1, -0.05) is 0 Å². The summed E-state index contributed by atoms with van der Waals surface area (Å²) in [6, 6.07) is 0. The van der Waals surface area contributed by atoms with E-state index in [0.29, 0.717) is 18.4 Å². The minimum atomic E-state index is 0.0510. The number of aliphatic hydroxyl groups excluding tert-OH is 1. The van der Waals surface area contributed by atoms with Gasteiger partial charge < -0.3 is 14.6 Å². The topological polar surface area (TPSA) is 38.7 Å². The van der Waals surface area contributed by atoms with E-state index in [-0.39, 0.29) is 6.29 Å². The van der Waals surface area contributed by atoms with Crippen LogP contribution in [0.5, 0.6) is 0 Å². The van der Waals surface area contributed by atoms with Gasteiger partial charge in [-0.3, -0.25) is 0 Å². The van der Waals surface area contributed by atoms with E-state index < -0.39 is 0 Å². The van der Waals surface area contributed by atoms with Gasteiger partial charge in [-0.25, -0.2) is 0 Å². The molecule has 0 aromatic rings. The van der Waals surface area contributed by atoms with E-state index >= 15 is 0 Å². The Morgan fingerprint density at radius 1 is 1.29 bits per heavy atom. The summed E-state index contributed by atoms with van der Waals surface area (Å²) >= 11 is 0. The predicted molar refractivity (Wildman–Crippen MR) is 52.8 cm³/mol. The van der Waals surface area contributed by atoms with E-state index in [2.05, 4.69) is 0 Å². The van der Waals surface area contributed by atoms with Gasteiger partial charge in [0.25, 0.3) is 0 Å². The molecule has 1 N–H and O–H groups in total. The van der Waals surface area contributed by atoms with Crippen LogP contribution in [0.15, 0.2) is 0 Å². The SMILES string of the molecule is OC[C@@H]1C[C@H]1CCOC1CCCCO1. The number of ether oxygens (including phenoxy) is 2. The second-order valence-electron chi connectivity index (χ2n) is 4.39. The van der Waals surface area contributed by atoms with Gasteiger partial charge in [0.2, 0.25) is 0 Å². The standard InChI is InChI=1S/C11H20O3/c12-8-10-7-9(10)4-6-14-11-3-1-2-5-13-11/h9-12H,1-8H2/t9-,10+,11?/m1/s1. The highest BCUT2D eigenvalue weighted by atomic mass is 16.7. The van der Waals surface area contributed by atoms with Crippen molar-refractivity contribution in [3.05, 3.63) is 0 Å². The van der Waals surface area contributed by atoms with Gasteiger partial charge in [0.05, 0.1) is 6.61 Å². The maximum Gasteiger partial charge on any atom is 0.157 e. The second kappa shape index (κ2) is 5.10. The average Bonchev–Trinajstić information content (AvgIpc) is 2.98. The van der Waals surface area contributed by atoms with Gasteiger partial charge in [0.1, 0.15) is 0 Å². The Balaban J connectivity index is 1.50. The fraction of sp³-hybridized carbons (Fsp3) is 1.00. The molecule has 0 aromatic heterocycles. The molecule has 3 heteroatoms. The van der Waals surface area contributed by atoms with E-state index in [4.69, 9.17) is 14.6 Å². The van der Waals surface area contributed by atoms with Crippen molar-refractivity contribution < 1.29 is 14.6 Å². The van der Waals surface area contributed by atoms with E-state index in [0.717, 1.165) is 26.1 Å². The summed E-state index contributed by atoms with van der Waals surface area (Å²) in [5.41, 5.74) is 0. The number of hydrogen-bond donors (Lipinski definition) is 1. The van der Waals surface area contributed by atoms with Crippen molar-refractivity contribution in [2.45, 2.75) is 38.4 Å². The molecule has 1 aliphatic carbocycles. The molecule has 0 radical (unpaired) electrons. The number of aliphatic hydroxyl groups is 1. The Labute approximate surface area is 85.4 Å². The van der Waals surface area contributed by atoms with Gasteiger partial charge in [-0.15, -0.1) is 0 Å². The Hall–Kier alpha value is -0.120. The summed E-state index contributed by atoms with van der Waals surface area (Å²) < 4.78 is 11.1. The zero-order valence-corrected chi connectivity index (χ0v) is 8.65. The third-order valence-corrected chi connectivity index (χ3v) is 3.23. The first-order chi connectivity index (χ1) is 6.90. The molecule has 2 rings (SSSR count). The van der Waals surface area contributed by atoms with Crippen molar-refractivity contribution in [1.82, 2.24) is 0 Å². The van der Waals surface area contributed by atoms with Crippen LogP contribution in [0, 0.1) is 11.8 Å². The van der Waals surface area contributed by atoms with Crippen molar-refractivity contribution >= 4 is 0 Å². The Kier molecular flexibility index (Phi) is 3.79. The van der Waals surface area contributed by atoms with Gasteiger partial charge in [0, 0.05) is 13.2 Å². The summed E-state index contributed by atoms with van der Waals surface area (Å²) in [5.74, 6) is 1.27. The first-order valence-corrected chi connectivity index (χ1v) is 5.74. The second-order valence-corrected chi connectivity index (χ2v) is 4.39. The first-order valence-electron chi connectivity index (χ1n) is 5.74. The molecule has 2 fully saturated rings. The third-order valence-electron chi connectivity index (χ3n) is 3.23. The zero-order chi connectivity index (χ0) is 9.80. The normalized spacial score (nSPS) is 37.1. The lowest BCUT2D eigenvalue weighted by Gasteiger charge is -2.22. The third kappa shape index (κ3) is 2.94. The summed E-state index contributed by atoms with van der Waals surface area (Å²) in [4.78, 5) is 0. The lowest BCUT2D eigenvalue weighted by Crippen LogP contribution is -2.22. The highest BCUT2D eigenvalue weighted by Gasteiger charge is 2.35. The van der Waals surface area contributed by atoms with Crippen LogP contribution in [0.2, 0.25) is 0 Å². The quantitative estimate of drug-likeness (QED) is 0.731. The molecule has 1 saturated heterocycles. The van der Waals surface area contributed by atoms with Crippen molar-refractivity contribution in [2.75, 3.05) is 19.8 Å². The molecule has 0 spiro atoms. The maximum absolute atomic E-state index is 8.86. The van der Waals surface area contributed by atoms with Crippen LogP contribution in [0.3, 0.4) is 0 Å².